The Labute approximate surface area is 150 Å². The Balaban J connectivity index is 1.81. The minimum atomic E-state index is -0.227. The number of benzene rings is 1. The second-order valence-corrected chi connectivity index (χ2v) is 5.74. The standard InChI is InChI=1S/C16H19Cl2N3O3/c1-2-23-9-3-7-19-16(22)14-6-8-21(20-14)11-24-15-5-4-12(17)10-13(15)18/h4-6,8,10H,2-3,7,9,11H2,1H3,(H,19,22). The Bertz CT molecular complexity index is 676. The average molecular weight is 372 g/mol. The van der Waals surface area contributed by atoms with Crippen molar-refractivity contribution in [2.75, 3.05) is 19.8 Å². The number of nitrogens with zero attached hydrogens (tertiary/aromatic N) is 2. The third kappa shape index (κ3) is 5.70. The lowest BCUT2D eigenvalue weighted by Crippen LogP contribution is -2.26. The molecule has 1 amide bonds. The second-order valence-electron chi connectivity index (χ2n) is 4.90. The summed E-state index contributed by atoms with van der Waals surface area (Å²) in [5.41, 5.74) is 0.331. The van der Waals surface area contributed by atoms with Crippen LogP contribution in [0.4, 0.5) is 0 Å². The second kappa shape index (κ2) is 9.52. The summed E-state index contributed by atoms with van der Waals surface area (Å²) >= 11 is 11.9. The number of halogens is 2. The molecule has 24 heavy (non-hydrogen) atoms. The van der Waals surface area contributed by atoms with Crippen LogP contribution < -0.4 is 10.1 Å². The van der Waals surface area contributed by atoms with E-state index in [9.17, 15) is 4.79 Å². The first-order valence-corrected chi connectivity index (χ1v) is 8.33. The summed E-state index contributed by atoms with van der Waals surface area (Å²) in [6, 6.07) is 6.60. The minimum absolute atomic E-state index is 0.138. The maximum atomic E-state index is 12.0. The molecule has 0 unspecified atom stereocenters. The summed E-state index contributed by atoms with van der Waals surface area (Å²) < 4.78 is 12.3. The molecule has 8 heteroatoms. The van der Waals surface area contributed by atoms with Crippen LogP contribution in [0.1, 0.15) is 23.8 Å². The summed E-state index contributed by atoms with van der Waals surface area (Å²) in [6.45, 7) is 3.92. The Morgan fingerprint density at radius 3 is 2.92 bits per heavy atom. The number of aromatic nitrogens is 2. The smallest absolute Gasteiger partial charge is 0.271 e. The molecule has 0 spiro atoms. The van der Waals surface area contributed by atoms with Gasteiger partial charge in [0.2, 0.25) is 0 Å². The van der Waals surface area contributed by atoms with Gasteiger partial charge in [-0.25, -0.2) is 4.68 Å². The van der Waals surface area contributed by atoms with Crippen LogP contribution in [0.25, 0.3) is 0 Å². The Morgan fingerprint density at radius 1 is 1.33 bits per heavy atom. The predicted molar refractivity (Wildman–Crippen MR) is 92.8 cm³/mol. The maximum Gasteiger partial charge on any atom is 0.271 e. The van der Waals surface area contributed by atoms with E-state index in [1.165, 1.54) is 4.68 Å². The lowest BCUT2D eigenvalue weighted by atomic mass is 10.3. The molecule has 0 aliphatic heterocycles. The molecule has 0 aliphatic carbocycles. The van der Waals surface area contributed by atoms with Crippen LogP contribution in [0.3, 0.4) is 0 Å². The molecule has 1 aromatic carbocycles. The monoisotopic (exact) mass is 371 g/mol. The zero-order valence-electron chi connectivity index (χ0n) is 13.3. The number of ether oxygens (including phenoxy) is 2. The van der Waals surface area contributed by atoms with Gasteiger partial charge in [0.05, 0.1) is 5.02 Å². The van der Waals surface area contributed by atoms with Crippen LogP contribution in [0, 0.1) is 0 Å². The van der Waals surface area contributed by atoms with Crippen molar-refractivity contribution in [3.8, 4) is 5.75 Å². The molecular formula is C16H19Cl2N3O3. The molecule has 0 bridgehead atoms. The molecule has 0 radical (unpaired) electrons. The highest BCUT2D eigenvalue weighted by atomic mass is 35.5. The van der Waals surface area contributed by atoms with Gasteiger partial charge in [-0.2, -0.15) is 5.10 Å². The first-order valence-electron chi connectivity index (χ1n) is 7.57. The van der Waals surface area contributed by atoms with Crippen LogP contribution in [-0.4, -0.2) is 35.4 Å². The quantitative estimate of drug-likeness (QED) is 0.686. The normalized spacial score (nSPS) is 10.6. The average Bonchev–Trinajstić information content (AvgIpc) is 3.03. The number of hydrogen-bond acceptors (Lipinski definition) is 4. The van der Waals surface area contributed by atoms with Gasteiger partial charge < -0.3 is 14.8 Å². The van der Waals surface area contributed by atoms with E-state index >= 15 is 0 Å². The zero-order valence-corrected chi connectivity index (χ0v) is 14.8. The van der Waals surface area contributed by atoms with Crippen molar-refractivity contribution in [3.05, 3.63) is 46.2 Å². The number of nitrogens with one attached hydrogen (secondary N) is 1. The van der Waals surface area contributed by atoms with E-state index in [-0.39, 0.29) is 12.6 Å². The molecule has 2 rings (SSSR count). The van der Waals surface area contributed by atoms with Crippen molar-refractivity contribution >= 4 is 29.1 Å². The summed E-state index contributed by atoms with van der Waals surface area (Å²) in [6.07, 6.45) is 2.43. The first kappa shape index (κ1) is 18.6. The molecule has 0 atom stereocenters. The molecule has 6 nitrogen and oxygen atoms in total. The predicted octanol–water partition coefficient (Wildman–Crippen LogP) is 3.38. The van der Waals surface area contributed by atoms with E-state index in [0.717, 1.165) is 6.42 Å². The third-order valence-electron chi connectivity index (χ3n) is 3.07. The molecule has 0 aliphatic rings. The molecule has 1 N–H and O–H groups in total. The van der Waals surface area contributed by atoms with Crippen LogP contribution in [0.2, 0.25) is 10.0 Å². The van der Waals surface area contributed by atoms with Gasteiger partial charge in [-0.3, -0.25) is 4.79 Å². The van der Waals surface area contributed by atoms with Crippen molar-refractivity contribution in [1.29, 1.82) is 0 Å². The summed E-state index contributed by atoms with van der Waals surface area (Å²) in [5.74, 6) is 0.272. The minimum Gasteiger partial charge on any atom is -0.470 e. The van der Waals surface area contributed by atoms with Gasteiger partial charge in [0.25, 0.3) is 5.91 Å². The molecule has 1 aromatic heterocycles. The summed E-state index contributed by atoms with van der Waals surface area (Å²) in [5, 5.41) is 7.91. The van der Waals surface area contributed by atoms with Crippen molar-refractivity contribution in [1.82, 2.24) is 15.1 Å². The Kier molecular flexibility index (Phi) is 7.36. The van der Waals surface area contributed by atoms with Crippen LogP contribution in [0.15, 0.2) is 30.5 Å². The van der Waals surface area contributed by atoms with Crippen molar-refractivity contribution < 1.29 is 14.3 Å². The van der Waals surface area contributed by atoms with Crippen LogP contribution >= 0.6 is 23.2 Å². The SMILES string of the molecule is CCOCCCNC(=O)c1ccn(COc2ccc(Cl)cc2Cl)n1. The van der Waals surface area contributed by atoms with Crippen LogP contribution in [-0.2, 0) is 11.5 Å². The zero-order chi connectivity index (χ0) is 17.4. The van der Waals surface area contributed by atoms with Gasteiger partial charge in [0, 0.05) is 31.0 Å². The first-order chi connectivity index (χ1) is 11.6. The number of carbonyl (C=O) groups excluding carboxylic acids is 1. The highest BCUT2D eigenvalue weighted by Crippen LogP contribution is 2.27. The van der Waals surface area contributed by atoms with Gasteiger partial charge in [-0.15, -0.1) is 0 Å². The highest BCUT2D eigenvalue weighted by Gasteiger charge is 2.09. The topological polar surface area (TPSA) is 65.4 Å². The summed E-state index contributed by atoms with van der Waals surface area (Å²) in [4.78, 5) is 12.0. The molecule has 0 fully saturated rings. The van der Waals surface area contributed by atoms with E-state index in [2.05, 4.69) is 10.4 Å². The van der Waals surface area contributed by atoms with Gasteiger partial charge in [-0.1, -0.05) is 23.2 Å². The number of rotatable bonds is 9. The number of carbonyl (C=O) groups is 1. The molecule has 130 valence electrons. The molecule has 1 heterocycles. The van der Waals surface area contributed by atoms with E-state index in [4.69, 9.17) is 32.7 Å². The lowest BCUT2D eigenvalue weighted by Gasteiger charge is -2.08. The third-order valence-corrected chi connectivity index (χ3v) is 3.61. The van der Waals surface area contributed by atoms with Crippen molar-refractivity contribution in [2.24, 2.45) is 0 Å². The molecule has 2 aromatic rings. The van der Waals surface area contributed by atoms with E-state index in [0.29, 0.717) is 41.2 Å². The lowest BCUT2D eigenvalue weighted by molar-refractivity contribution is 0.0937. The van der Waals surface area contributed by atoms with E-state index < -0.39 is 0 Å². The largest absolute Gasteiger partial charge is 0.470 e. The molecule has 0 saturated carbocycles. The fourth-order valence-corrected chi connectivity index (χ4v) is 2.36. The van der Waals surface area contributed by atoms with Crippen LogP contribution in [0.5, 0.6) is 5.75 Å². The van der Waals surface area contributed by atoms with Gasteiger partial charge in [0.15, 0.2) is 6.73 Å². The van der Waals surface area contributed by atoms with Crippen molar-refractivity contribution in [3.63, 3.8) is 0 Å². The van der Waals surface area contributed by atoms with Gasteiger partial charge in [-0.05, 0) is 37.6 Å². The molecule has 0 saturated heterocycles. The fraction of sp³-hybridized carbons (Fsp3) is 0.375. The van der Waals surface area contributed by atoms with E-state index in [1.807, 2.05) is 6.92 Å². The number of amides is 1. The maximum absolute atomic E-state index is 12.0. The van der Waals surface area contributed by atoms with E-state index in [1.54, 1.807) is 30.5 Å². The van der Waals surface area contributed by atoms with Gasteiger partial charge >= 0.3 is 0 Å². The number of hydrogen-bond donors (Lipinski definition) is 1. The Hall–Kier alpha value is -1.76. The van der Waals surface area contributed by atoms with Crippen molar-refractivity contribution in [2.45, 2.75) is 20.1 Å². The highest BCUT2D eigenvalue weighted by molar-refractivity contribution is 6.35. The fourth-order valence-electron chi connectivity index (χ4n) is 1.89. The van der Waals surface area contributed by atoms with Gasteiger partial charge in [0.1, 0.15) is 11.4 Å². The Morgan fingerprint density at radius 2 is 2.17 bits per heavy atom. The summed E-state index contributed by atoms with van der Waals surface area (Å²) in [7, 11) is 0. The molecular weight excluding hydrogens is 353 g/mol.